The van der Waals surface area contributed by atoms with Gasteiger partial charge in [-0.1, -0.05) is 13.8 Å². The lowest BCUT2D eigenvalue weighted by atomic mass is 9.44. The van der Waals surface area contributed by atoms with Crippen molar-refractivity contribution in [1.82, 2.24) is 0 Å². The standard InChI is InChI=1S/C22H35FO3/c1-20-9-10-22(26,13-23)11-14(20)3-4-15-16-5-6-18(19(25)12-24)21(16,2)8-7-17(15)20/h14-18,24,26H,3-13H2,1-2H3/t14-,15-,16-,17-,18+,20-,21-,22+/m0/s1. The average molecular weight is 367 g/mol. The number of hydrogen-bond acceptors (Lipinski definition) is 3. The monoisotopic (exact) mass is 366 g/mol. The summed E-state index contributed by atoms with van der Waals surface area (Å²) in [7, 11) is 0. The first-order chi connectivity index (χ1) is 12.3. The van der Waals surface area contributed by atoms with Crippen LogP contribution in [0.1, 0.15) is 71.6 Å². The number of halogens is 1. The molecule has 0 heterocycles. The molecule has 4 aliphatic rings. The first-order valence-electron chi connectivity index (χ1n) is 10.7. The van der Waals surface area contributed by atoms with Crippen LogP contribution in [-0.2, 0) is 4.79 Å². The van der Waals surface area contributed by atoms with E-state index in [1.165, 1.54) is 0 Å². The van der Waals surface area contributed by atoms with Crippen LogP contribution in [0, 0.1) is 40.4 Å². The van der Waals surface area contributed by atoms with Crippen molar-refractivity contribution in [1.29, 1.82) is 0 Å². The summed E-state index contributed by atoms with van der Waals surface area (Å²) in [5.74, 6) is 2.39. The van der Waals surface area contributed by atoms with Gasteiger partial charge in [0, 0.05) is 5.92 Å². The van der Waals surface area contributed by atoms with Crippen molar-refractivity contribution in [2.75, 3.05) is 13.3 Å². The molecule has 0 amide bonds. The maximum atomic E-state index is 13.4. The maximum Gasteiger partial charge on any atom is 0.161 e. The summed E-state index contributed by atoms with van der Waals surface area (Å²) >= 11 is 0. The lowest BCUT2D eigenvalue weighted by molar-refractivity contribution is -0.157. The van der Waals surface area contributed by atoms with Crippen LogP contribution in [0.25, 0.3) is 0 Å². The minimum atomic E-state index is -1.09. The van der Waals surface area contributed by atoms with E-state index in [2.05, 4.69) is 13.8 Å². The first kappa shape index (κ1) is 18.9. The second kappa shape index (κ2) is 6.27. The second-order valence-electron chi connectivity index (χ2n) is 10.5. The number of aliphatic hydroxyl groups excluding tert-OH is 1. The number of ketones is 1. The third-order valence-corrected chi connectivity index (χ3v) is 9.61. The van der Waals surface area contributed by atoms with Crippen LogP contribution < -0.4 is 0 Å². The number of alkyl halides is 1. The van der Waals surface area contributed by atoms with Crippen LogP contribution in [0.5, 0.6) is 0 Å². The van der Waals surface area contributed by atoms with Gasteiger partial charge in [0.25, 0.3) is 0 Å². The van der Waals surface area contributed by atoms with Gasteiger partial charge in [0.15, 0.2) is 5.78 Å². The SMILES string of the molecule is C[C@]12CC[C@](O)(CF)C[C@@H]1CC[C@@H]1[C@@H]2CC[C@]2(C)[C@@H](C(=O)CO)CC[C@@H]12. The first-order valence-corrected chi connectivity index (χ1v) is 10.7. The zero-order valence-electron chi connectivity index (χ0n) is 16.3. The van der Waals surface area contributed by atoms with Gasteiger partial charge >= 0.3 is 0 Å². The fraction of sp³-hybridized carbons (Fsp3) is 0.955. The molecule has 4 heteroatoms. The molecule has 4 fully saturated rings. The Hall–Kier alpha value is -0.480. The van der Waals surface area contributed by atoms with Crippen molar-refractivity contribution in [3.8, 4) is 0 Å². The van der Waals surface area contributed by atoms with Gasteiger partial charge in [0.05, 0.1) is 5.60 Å². The fourth-order valence-electron chi connectivity index (χ4n) is 8.08. The molecule has 0 aromatic rings. The topological polar surface area (TPSA) is 57.5 Å². The van der Waals surface area contributed by atoms with E-state index >= 15 is 0 Å². The van der Waals surface area contributed by atoms with Gasteiger partial charge in [-0.15, -0.1) is 0 Å². The maximum absolute atomic E-state index is 13.4. The summed E-state index contributed by atoms with van der Waals surface area (Å²) in [4.78, 5) is 12.3. The molecule has 0 spiro atoms. The molecule has 4 saturated carbocycles. The van der Waals surface area contributed by atoms with Crippen molar-refractivity contribution in [3.05, 3.63) is 0 Å². The van der Waals surface area contributed by atoms with Crippen LogP contribution >= 0.6 is 0 Å². The minimum Gasteiger partial charge on any atom is -0.389 e. The molecule has 0 bridgehead atoms. The van der Waals surface area contributed by atoms with E-state index in [0.29, 0.717) is 36.5 Å². The zero-order valence-corrected chi connectivity index (χ0v) is 16.3. The highest BCUT2D eigenvalue weighted by atomic mass is 19.1. The molecule has 4 rings (SSSR count). The van der Waals surface area contributed by atoms with Crippen LogP contribution in [0.2, 0.25) is 0 Å². The van der Waals surface area contributed by atoms with Gasteiger partial charge < -0.3 is 10.2 Å². The van der Waals surface area contributed by atoms with Crippen molar-refractivity contribution in [3.63, 3.8) is 0 Å². The normalized spacial score (nSPS) is 53.5. The van der Waals surface area contributed by atoms with E-state index in [1.54, 1.807) is 0 Å². The van der Waals surface area contributed by atoms with E-state index in [9.17, 15) is 19.4 Å². The third-order valence-electron chi connectivity index (χ3n) is 9.61. The van der Waals surface area contributed by atoms with Crippen LogP contribution in [-0.4, -0.2) is 34.9 Å². The Morgan fingerprint density at radius 2 is 1.73 bits per heavy atom. The highest BCUT2D eigenvalue weighted by molar-refractivity contribution is 5.83. The molecule has 0 aliphatic heterocycles. The number of hydrogen-bond donors (Lipinski definition) is 2. The number of Topliss-reactive ketones (excluding diaryl/α,β-unsaturated/α-hetero) is 1. The molecule has 3 nitrogen and oxygen atoms in total. The molecule has 148 valence electrons. The Morgan fingerprint density at radius 1 is 1.00 bits per heavy atom. The molecule has 0 saturated heterocycles. The largest absolute Gasteiger partial charge is 0.389 e. The number of carbonyl (C=O) groups is 1. The number of fused-ring (bicyclic) bond motifs is 5. The molecule has 26 heavy (non-hydrogen) atoms. The summed E-state index contributed by atoms with van der Waals surface area (Å²) < 4.78 is 13.4. The van der Waals surface area contributed by atoms with Crippen molar-refractivity contribution in [2.24, 2.45) is 40.4 Å². The van der Waals surface area contributed by atoms with E-state index in [4.69, 9.17) is 0 Å². The summed E-state index contributed by atoms with van der Waals surface area (Å²) in [5.41, 5.74) is -0.824. The van der Waals surface area contributed by atoms with E-state index < -0.39 is 12.3 Å². The quantitative estimate of drug-likeness (QED) is 0.796. The Labute approximate surface area is 156 Å². The Kier molecular flexibility index (Phi) is 4.55. The smallest absolute Gasteiger partial charge is 0.161 e. The van der Waals surface area contributed by atoms with Crippen molar-refractivity contribution < 1.29 is 19.4 Å². The van der Waals surface area contributed by atoms with Crippen molar-refractivity contribution >= 4 is 5.78 Å². The van der Waals surface area contributed by atoms with Gasteiger partial charge in [-0.05, 0) is 92.3 Å². The summed E-state index contributed by atoms with van der Waals surface area (Å²) in [5, 5.41) is 19.9. The molecule has 0 unspecified atom stereocenters. The van der Waals surface area contributed by atoms with Gasteiger partial charge in [-0.2, -0.15) is 0 Å². The predicted molar refractivity (Wildman–Crippen MR) is 98.2 cm³/mol. The molecule has 4 aliphatic carbocycles. The molecule has 0 aromatic carbocycles. The number of aliphatic hydroxyl groups is 2. The van der Waals surface area contributed by atoms with Crippen molar-refractivity contribution in [2.45, 2.75) is 77.2 Å². The highest BCUT2D eigenvalue weighted by Crippen LogP contribution is 2.68. The predicted octanol–water partition coefficient (Wildman–Crippen LogP) is 3.91. The highest BCUT2D eigenvalue weighted by Gasteiger charge is 2.62. The Morgan fingerprint density at radius 3 is 2.42 bits per heavy atom. The molecular formula is C22H35FO3. The second-order valence-corrected chi connectivity index (χ2v) is 10.5. The lowest BCUT2D eigenvalue weighted by Crippen LogP contribution is -2.56. The van der Waals surface area contributed by atoms with Crippen LogP contribution in [0.4, 0.5) is 4.39 Å². The van der Waals surface area contributed by atoms with E-state index in [1.807, 2.05) is 0 Å². The summed E-state index contributed by atoms with van der Waals surface area (Å²) in [6.07, 6.45) is 8.66. The third kappa shape index (κ3) is 2.54. The molecular weight excluding hydrogens is 331 g/mol. The van der Waals surface area contributed by atoms with Gasteiger partial charge in [-0.3, -0.25) is 4.79 Å². The molecule has 0 radical (unpaired) electrons. The van der Waals surface area contributed by atoms with E-state index in [-0.39, 0.29) is 29.1 Å². The molecule has 8 atom stereocenters. The summed E-state index contributed by atoms with van der Waals surface area (Å²) in [6, 6.07) is 0. The molecule has 0 aromatic heterocycles. The Balaban J connectivity index is 1.58. The van der Waals surface area contributed by atoms with E-state index in [0.717, 1.165) is 44.9 Å². The zero-order chi connectivity index (χ0) is 18.7. The number of carbonyl (C=O) groups excluding carboxylic acids is 1. The minimum absolute atomic E-state index is 0.0342. The summed E-state index contributed by atoms with van der Waals surface area (Å²) in [6.45, 7) is 3.78. The molecule has 2 N–H and O–H groups in total. The van der Waals surface area contributed by atoms with Gasteiger partial charge in [-0.25, -0.2) is 4.39 Å². The van der Waals surface area contributed by atoms with Crippen LogP contribution in [0.3, 0.4) is 0 Å². The average Bonchev–Trinajstić information content (AvgIpc) is 2.99. The van der Waals surface area contributed by atoms with Crippen LogP contribution in [0.15, 0.2) is 0 Å². The number of rotatable bonds is 3. The fourth-order valence-corrected chi connectivity index (χ4v) is 8.08. The Bertz CT molecular complexity index is 580. The lowest BCUT2D eigenvalue weighted by Gasteiger charge is -2.61. The van der Waals surface area contributed by atoms with Gasteiger partial charge in [0.2, 0.25) is 0 Å². The van der Waals surface area contributed by atoms with Gasteiger partial charge in [0.1, 0.15) is 13.3 Å².